The molecular formula is C51H34N6. The number of rotatable bonds is 2. The van der Waals surface area contributed by atoms with Gasteiger partial charge in [-0.25, -0.2) is 9.98 Å². The maximum absolute atomic E-state index is 5.48. The Morgan fingerprint density at radius 1 is 0.474 bits per heavy atom. The zero-order valence-electron chi connectivity index (χ0n) is 30.9. The molecule has 6 nitrogen and oxygen atoms in total. The lowest BCUT2D eigenvalue weighted by molar-refractivity contribution is 0.805. The average Bonchev–Trinajstić information content (AvgIpc) is 3.92. The second-order valence-electron chi connectivity index (χ2n) is 14.7. The highest BCUT2D eigenvalue weighted by Gasteiger charge is 2.18. The minimum Gasteiger partial charge on any atom is -0.321 e. The number of nitrogens with zero attached hydrogens (tertiary/aromatic N) is 6. The minimum absolute atomic E-state index is 0.587. The molecule has 7 aromatic carbocycles. The van der Waals surface area contributed by atoms with E-state index in [-0.39, 0.29) is 0 Å². The van der Waals surface area contributed by atoms with Gasteiger partial charge in [-0.15, -0.1) is 0 Å². The van der Waals surface area contributed by atoms with Crippen LogP contribution in [0.4, 0.5) is 0 Å². The molecule has 4 aromatic heterocycles. The first kappa shape index (κ1) is 31.6. The van der Waals surface area contributed by atoms with E-state index in [9.17, 15) is 0 Å². The van der Waals surface area contributed by atoms with Crippen LogP contribution in [0.1, 0.15) is 0 Å². The summed E-state index contributed by atoms with van der Waals surface area (Å²) < 4.78 is 9.30. The van der Waals surface area contributed by atoms with E-state index < -0.39 is 0 Å². The van der Waals surface area contributed by atoms with E-state index in [2.05, 4.69) is 207 Å². The van der Waals surface area contributed by atoms with Crippen LogP contribution in [0.3, 0.4) is 0 Å². The van der Waals surface area contributed by atoms with Crippen LogP contribution in [0.15, 0.2) is 199 Å². The fourth-order valence-electron chi connectivity index (χ4n) is 9.16. The SMILES string of the molecule is C=C1/C=C(n2c3ccccc3c3ccccc32)\C=C/Cn2/c(c3ccccc3n3c4ccc(-n5c6ccccc6c6ccccc65)cc4nc3c3ccccc32)=N\1. The van der Waals surface area contributed by atoms with Gasteiger partial charge in [-0.05, 0) is 78.9 Å². The largest absolute Gasteiger partial charge is 0.321 e. The van der Waals surface area contributed by atoms with Crippen LogP contribution in [0.5, 0.6) is 0 Å². The maximum atomic E-state index is 5.48. The number of benzene rings is 7. The second kappa shape index (κ2) is 12.2. The predicted octanol–water partition coefficient (Wildman–Crippen LogP) is 11.9. The van der Waals surface area contributed by atoms with Gasteiger partial charge in [0.25, 0.3) is 0 Å². The summed E-state index contributed by atoms with van der Waals surface area (Å²) in [5.74, 6) is 0. The van der Waals surface area contributed by atoms with Gasteiger partial charge in [0, 0.05) is 50.2 Å². The third-order valence-corrected chi connectivity index (χ3v) is 11.5. The van der Waals surface area contributed by atoms with Gasteiger partial charge in [0.05, 0.1) is 49.8 Å². The molecule has 11 aromatic rings. The molecule has 0 aliphatic carbocycles. The van der Waals surface area contributed by atoms with Crippen LogP contribution in [-0.2, 0) is 6.54 Å². The molecule has 0 saturated carbocycles. The van der Waals surface area contributed by atoms with E-state index in [0.717, 1.165) is 66.4 Å². The molecule has 0 atom stereocenters. The van der Waals surface area contributed by atoms with E-state index >= 15 is 0 Å². The van der Waals surface area contributed by atoms with Gasteiger partial charge in [-0.3, -0.25) is 4.40 Å². The molecule has 0 radical (unpaired) electrons. The molecule has 6 heteroatoms. The Morgan fingerprint density at radius 2 is 0.982 bits per heavy atom. The summed E-state index contributed by atoms with van der Waals surface area (Å²) in [6.45, 7) is 5.14. The Kier molecular flexibility index (Phi) is 6.74. The second-order valence-corrected chi connectivity index (χ2v) is 14.7. The van der Waals surface area contributed by atoms with Crippen molar-refractivity contribution in [1.29, 1.82) is 0 Å². The van der Waals surface area contributed by atoms with E-state index in [1.165, 1.54) is 32.6 Å². The molecule has 0 spiro atoms. The number of hydrogen-bond donors (Lipinski definition) is 0. The lowest BCUT2D eigenvalue weighted by atomic mass is 10.2. The van der Waals surface area contributed by atoms with Crippen LogP contribution in [0.2, 0.25) is 0 Å². The van der Waals surface area contributed by atoms with Crippen LogP contribution < -0.4 is 5.49 Å². The lowest BCUT2D eigenvalue weighted by Gasteiger charge is -2.12. The smallest absolute Gasteiger partial charge is 0.147 e. The van der Waals surface area contributed by atoms with Crippen molar-refractivity contribution in [2.45, 2.75) is 6.54 Å². The molecule has 0 N–H and O–H groups in total. The summed E-state index contributed by atoms with van der Waals surface area (Å²) in [6, 6.07) is 58.2. The highest BCUT2D eigenvalue weighted by molar-refractivity contribution is 6.11. The lowest BCUT2D eigenvalue weighted by Crippen LogP contribution is -2.21. The van der Waals surface area contributed by atoms with Crippen LogP contribution in [0.25, 0.3) is 93.5 Å². The Morgan fingerprint density at radius 3 is 1.60 bits per heavy atom. The number of imidazole rings is 1. The molecular weight excluding hydrogens is 697 g/mol. The Balaban J connectivity index is 1.14. The third kappa shape index (κ3) is 4.65. The number of aromatic nitrogens is 5. The van der Waals surface area contributed by atoms with Gasteiger partial charge >= 0.3 is 0 Å². The van der Waals surface area contributed by atoms with Gasteiger partial charge in [0.2, 0.25) is 0 Å². The normalized spacial score (nSPS) is 15.5. The van der Waals surface area contributed by atoms with Crippen molar-refractivity contribution in [2.24, 2.45) is 4.99 Å². The van der Waals surface area contributed by atoms with Crippen molar-refractivity contribution in [3.63, 3.8) is 0 Å². The van der Waals surface area contributed by atoms with Gasteiger partial charge in [0.15, 0.2) is 0 Å². The van der Waals surface area contributed by atoms with Gasteiger partial charge in [-0.1, -0.05) is 110 Å². The molecule has 5 heterocycles. The summed E-state index contributed by atoms with van der Waals surface area (Å²) in [4.78, 5) is 10.9. The fraction of sp³-hybridized carbons (Fsp3) is 0.0196. The molecule has 0 fully saturated rings. The molecule has 0 unspecified atom stereocenters. The number of fused-ring (bicyclic) bond motifs is 16. The van der Waals surface area contributed by atoms with Gasteiger partial charge in [-0.2, -0.15) is 0 Å². The molecule has 0 amide bonds. The monoisotopic (exact) mass is 730 g/mol. The van der Waals surface area contributed by atoms with E-state index in [1.54, 1.807) is 0 Å². The first-order chi connectivity index (χ1) is 28.2. The maximum Gasteiger partial charge on any atom is 0.147 e. The average molecular weight is 731 g/mol. The van der Waals surface area contributed by atoms with Crippen LogP contribution in [-0.4, -0.2) is 23.1 Å². The van der Waals surface area contributed by atoms with Crippen molar-refractivity contribution in [1.82, 2.24) is 23.1 Å². The van der Waals surface area contributed by atoms with E-state index in [1.807, 2.05) is 0 Å². The van der Waals surface area contributed by atoms with Gasteiger partial charge < -0.3 is 13.7 Å². The summed E-state index contributed by atoms with van der Waals surface area (Å²) >= 11 is 0. The van der Waals surface area contributed by atoms with Crippen LogP contribution in [0, 0.1) is 0 Å². The van der Waals surface area contributed by atoms with Crippen molar-refractivity contribution in [2.75, 3.05) is 0 Å². The van der Waals surface area contributed by atoms with Crippen molar-refractivity contribution in [3.05, 3.63) is 200 Å². The molecule has 268 valence electrons. The summed E-state index contributed by atoms with van der Waals surface area (Å²) in [5, 5.41) is 6.94. The highest BCUT2D eigenvalue weighted by atomic mass is 15.1. The Labute approximate surface area is 326 Å². The molecule has 0 bridgehead atoms. The first-order valence-corrected chi connectivity index (χ1v) is 19.3. The fourth-order valence-corrected chi connectivity index (χ4v) is 9.16. The zero-order chi connectivity index (χ0) is 37.6. The molecule has 1 aliphatic heterocycles. The number of hydrogen-bond acceptors (Lipinski definition) is 2. The summed E-state index contributed by atoms with van der Waals surface area (Å²) in [6.07, 6.45) is 6.56. The summed E-state index contributed by atoms with van der Waals surface area (Å²) in [5.41, 5.74) is 13.1. The predicted molar refractivity (Wildman–Crippen MR) is 236 cm³/mol. The molecule has 0 saturated heterocycles. The quantitative estimate of drug-likeness (QED) is 0.175. The number of para-hydroxylation sites is 6. The Hall–Kier alpha value is -7.70. The van der Waals surface area contributed by atoms with E-state index in [4.69, 9.17) is 9.98 Å². The minimum atomic E-state index is 0.587. The van der Waals surface area contributed by atoms with Crippen LogP contribution >= 0.6 is 0 Å². The third-order valence-electron chi connectivity index (χ3n) is 11.5. The molecule has 1 aliphatic rings. The van der Waals surface area contributed by atoms with Crippen molar-refractivity contribution in [3.8, 4) is 5.69 Å². The topological polar surface area (TPSA) is 44.5 Å². The van der Waals surface area contributed by atoms with Crippen molar-refractivity contribution >= 4 is 87.8 Å². The first-order valence-electron chi connectivity index (χ1n) is 19.3. The standard InChI is InChI=1S/C51H34N6/c1-33-31-34(55-44-23-9-2-16-36(44)37-17-3-10-24-45(37)55)15-14-30-54-43-22-8-6-20-40(43)51-53-42-32-35(56-46-25-11-4-18-38(46)39-19-5-12-26-47(39)56)28-29-49(42)57(51)48-27-13-7-21-41(48)50(54)52-33/h2-29,31-32H,1,30H2/b15-14-,34-31+,52-50-. The number of allylic oxidation sites excluding steroid dienone is 4. The van der Waals surface area contributed by atoms with Gasteiger partial charge in [0.1, 0.15) is 11.1 Å². The summed E-state index contributed by atoms with van der Waals surface area (Å²) in [7, 11) is 0. The highest BCUT2D eigenvalue weighted by Crippen LogP contribution is 2.35. The van der Waals surface area contributed by atoms with Crippen molar-refractivity contribution < 1.29 is 0 Å². The Bertz CT molecular complexity index is 3590. The molecule has 12 rings (SSSR count). The zero-order valence-corrected chi connectivity index (χ0v) is 30.9. The molecule has 57 heavy (non-hydrogen) atoms. The van der Waals surface area contributed by atoms with E-state index in [0.29, 0.717) is 12.2 Å².